The Labute approximate surface area is 59.9 Å². The van der Waals surface area contributed by atoms with Gasteiger partial charge in [-0.25, -0.2) is 0 Å². The van der Waals surface area contributed by atoms with Crippen LogP contribution in [0.15, 0.2) is 12.8 Å². The Balaban J connectivity index is 2.29. The second-order valence-corrected chi connectivity index (χ2v) is 2.39. The van der Waals surface area contributed by atoms with Gasteiger partial charge in [-0.15, -0.1) is 0 Å². The molecule has 0 bridgehead atoms. The molecule has 0 saturated carbocycles. The minimum Gasteiger partial charge on any atom is -0.479 e. The van der Waals surface area contributed by atoms with Crippen molar-refractivity contribution in [1.82, 2.24) is 5.32 Å². The average Bonchev–Trinajstić information content (AvgIpc) is 2.17. The molecule has 1 heterocycles. The van der Waals surface area contributed by atoms with E-state index in [1.807, 2.05) is 0 Å². The van der Waals surface area contributed by atoms with E-state index >= 15 is 0 Å². The Morgan fingerprint density at radius 2 is 2.67 bits per heavy atom. The Morgan fingerprint density at radius 3 is 3.11 bits per heavy atom. The van der Waals surface area contributed by atoms with E-state index in [-0.39, 0.29) is 6.23 Å². The van der Waals surface area contributed by atoms with Gasteiger partial charge in [-0.1, -0.05) is 18.8 Å². The van der Waals surface area contributed by atoms with Gasteiger partial charge in [0.05, 0.1) is 11.3 Å². The molecule has 50 valence electrons. The standard InChI is InChI=1S/C6H9NOS/c1-2-8-5-3-4-6(9)7-5/h2,5H,1,3-4H2,(H,7,9). The predicted octanol–water partition coefficient (Wildman–Crippen LogP) is 1.18. The molecule has 0 aromatic carbocycles. The molecule has 1 aliphatic rings. The third-order valence-electron chi connectivity index (χ3n) is 1.22. The third-order valence-corrected chi connectivity index (χ3v) is 1.54. The Kier molecular flexibility index (Phi) is 2.05. The molecule has 3 heteroatoms. The molecule has 1 N–H and O–H groups in total. The van der Waals surface area contributed by atoms with Gasteiger partial charge in [0.1, 0.15) is 0 Å². The van der Waals surface area contributed by atoms with Crippen LogP contribution in [-0.4, -0.2) is 11.2 Å². The van der Waals surface area contributed by atoms with Gasteiger partial charge in [0, 0.05) is 12.8 Å². The maximum atomic E-state index is 5.04. The highest BCUT2D eigenvalue weighted by Gasteiger charge is 2.16. The second kappa shape index (κ2) is 2.82. The maximum Gasteiger partial charge on any atom is 0.169 e. The monoisotopic (exact) mass is 143 g/mol. The summed E-state index contributed by atoms with van der Waals surface area (Å²) in [6, 6.07) is 0. The summed E-state index contributed by atoms with van der Waals surface area (Å²) in [6.45, 7) is 3.44. The van der Waals surface area contributed by atoms with Crippen LogP contribution in [0, 0.1) is 0 Å². The Morgan fingerprint density at radius 1 is 1.89 bits per heavy atom. The molecule has 1 saturated heterocycles. The Hall–Kier alpha value is -0.570. The fourth-order valence-electron chi connectivity index (χ4n) is 0.804. The van der Waals surface area contributed by atoms with Crippen molar-refractivity contribution in [2.45, 2.75) is 19.1 Å². The van der Waals surface area contributed by atoms with E-state index in [1.165, 1.54) is 6.26 Å². The summed E-state index contributed by atoms with van der Waals surface area (Å²) in [4.78, 5) is 0.891. The molecule has 1 fully saturated rings. The fraction of sp³-hybridized carbons (Fsp3) is 0.500. The van der Waals surface area contributed by atoms with Crippen molar-refractivity contribution in [1.29, 1.82) is 0 Å². The SMILES string of the molecule is C=COC1CCC(=S)N1. The normalized spacial score (nSPS) is 25.3. The average molecular weight is 143 g/mol. The first-order valence-corrected chi connectivity index (χ1v) is 3.29. The molecule has 0 aromatic heterocycles. The van der Waals surface area contributed by atoms with E-state index < -0.39 is 0 Å². The zero-order chi connectivity index (χ0) is 6.69. The number of rotatable bonds is 2. The van der Waals surface area contributed by atoms with Crippen molar-refractivity contribution < 1.29 is 4.74 Å². The zero-order valence-electron chi connectivity index (χ0n) is 5.09. The molecule has 2 nitrogen and oxygen atoms in total. The molecule has 1 atom stereocenters. The smallest absolute Gasteiger partial charge is 0.169 e. The molecular formula is C6H9NOS. The van der Waals surface area contributed by atoms with Gasteiger partial charge >= 0.3 is 0 Å². The van der Waals surface area contributed by atoms with Crippen molar-refractivity contribution in [2.75, 3.05) is 0 Å². The van der Waals surface area contributed by atoms with E-state index in [0.717, 1.165) is 17.8 Å². The van der Waals surface area contributed by atoms with Crippen LogP contribution in [0.4, 0.5) is 0 Å². The lowest BCUT2D eigenvalue weighted by atomic mass is 10.4. The molecule has 9 heavy (non-hydrogen) atoms. The fourth-order valence-corrected chi connectivity index (χ4v) is 1.05. The highest BCUT2D eigenvalue weighted by atomic mass is 32.1. The van der Waals surface area contributed by atoms with Gasteiger partial charge in [-0.2, -0.15) is 0 Å². The minimum atomic E-state index is 0.0787. The van der Waals surface area contributed by atoms with Gasteiger partial charge in [0.2, 0.25) is 0 Å². The van der Waals surface area contributed by atoms with E-state index in [2.05, 4.69) is 11.9 Å². The van der Waals surface area contributed by atoms with E-state index in [1.54, 1.807) is 0 Å². The molecule has 0 amide bonds. The van der Waals surface area contributed by atoms with Crippen molar-refractivity contribution in [3.63, 3.8) is 0 Å². The number of ether oxygens (including phenoxy) is 1. The molecule has 1 rings (SSSR count). The summed E-state index contributed by atoms with van der Waals surface area (Å²) in [5, 5.41) is 2.99. The molecule has 0 radical (unpaired) electrons. The first-order chi connectivity index (χ1) is 4.33. The first-order valence-electron chi connectivity index (χ1n) is 2.88. The van der Waals surface area contributed by atoms with Crippen molar-refractivity contribution in [3.8, 4) is 0 Å². The summed E-state index contributed by atoms with van der Waals surface area (Å²) in [7, 11) is 0. The van der Waals surface area contributed by atoms with Crippen molar-refractivity contribution >= 4 is 17.2 Å². The van der Waals surface area contributed by atoms with E-state index in [4.69, 9.17) is 17.0 Å². The Bertz CT molecular complexity index is 135. The van der Waals surface area contributed by atoms with Gasteiger partial charge in [0.15, 0.2) is 6.23 Å². The summed E-state index contributed by atoms with van der Waals surface area (Å²) in [6.07, 6.45) is 3.42. The second-order valence-electron chi connectivity index (χ2n) is 1.90. The molecular weight excluding hydrogens is 134 g/mol. The summed E-state index contributed by atoms with van der Waals surface area (Å²) < 4.78 is 5.04. The molecule has 1 unspecified atom stereocenters. The molecule has 1 aliphatic heterocycles. The number of nitrogens with one attached hydrogen (secondary N) is 1. The van der Waals surface area contributed by atoms with Crippen molar-refractivity contribution in [2.24, 2.45) is 0 Å². The van der Waals surface area contributed by atoms with Crippen LogP contribution in [0.25, 0.3) is 0 Å². The van der Waals surface area contributed by atoms with Gasteiger partial charge in [-0.3, -0.25) is 0 Å². The van der Waals surface area contributed by atoms with Gasteiger partial charge < -0.3 is 10.1 Å². The summed E-state index contributed by atoms with van der Waals surface area (Å²) in [5.41, 5.74) is 0. The quantitative estimate of drug-likeness (QED) is 0.463. The van der Waals surface area contributed by atoms with Crippen molar-refractivity contribution in [3.05, 3.63) is 12.8 Å². The van der Waals surface area contributed by atoms with Crippen LogP contribution in [0.2, 0.25) is 0 Å². The molecule has 0 aromatic rings. The molecule has 0 aliphatic carbocycles. The number of thiocarbonyl (C=S) groups is 1. The minimum absolute atomic E-state index is 0.0787. The van der Waals surface area contributed by atoms with Crippen LogP contribution in [0.3, 0.4) is 0 Å². The highest BCUT2D eigenvalue weighted by Crippen LogP contribution is 2.08. The topological polar surface area (TPSA) is 21.3 Å². The summed E-state index contributed by atoms with van der Waals surface area (Å²) in [5.74, 6) is 0. The van der Waals surface area contributed by atoms with E-state index in [0.29, 0.717) is 0 Å². The maximum absolute atomic E-state index is 5.04. The van der Waals surface area contributed by atoms with Gasteiger partial charge in [-0.05, 0) is 0 Å². The summed E-state index contributed by atoms with van der Waals surface area (Å²) >= 11 is 4.88. The molecule has 0 spiro atoms. The lowest BCUT2D eigenvalue weighted by Crippen LogP contribution is -2.25. The third kappa shape index (κ3) is 1.68. The van der Waals surface area contributed by atoms with Gasteiger partial charge in [0.25, 0.3) is 0 Å². The highest BCUT2D eigenvalue weighted by molar-refractivity contribution is 7.80. The number of hydrogen-bond acceptors (Lipinski definition) is 2. The number of hydrogen-bond donors (Lipinski definition) is 1. The lowest BCUT2D eigenvalue weighted by Gasteiger charge is -2.07. The van der Waals surface area contributed by atoms with Crippen LogP contribution >= 0.6 is 12.2 Å². The largest absolute Gasteiger partial charge is 0.479 e. The van der Waals surface area contributed by atoms with E-state index in [9.17, 15) is 0 Å². The van der Waals surface area contributed by atoms with Crippen LogP contribution < -0.4 is 5.32 Å². The van der Waals surface area contributed by atoms with Crippen LogP contribution in [0.1, 0.15) is 12.8 Å². The lowest BCUT2D eigenvalue weighted by molar-refractivity contribution is 0.138. The predicted molar refractivity (Wildman–Crippen MR) is 40.0 cm³/mol. The van der Waals surface area contributed by atoms with Crippen LogP contribution in [0.5, 0.6) is 0 Å². The first kappa shape index (κ1) is 6.55. The van der Waals surface area contributed by atoms with Crippen LogP contribution in [-0.2, 0) is 4.74 Å². The zero-order valence-corrected chi connectivity index (χ0v) is 5.91.